The lowest BCUT2D eigenvalue weighted by atomic mass is 9.98. The maximum Gasteiger partial charge on any atom is 0.0608 e. The largest absolute Gasteiger partial charge is 0.350 e. The molecule has 0 amide bonds. The molecule has 28 heavy (non-hydrogen) atoms. The van der Waals surface area contributed by atoms with Crippen LogP contribution < -0.4 is 0 Å². The average Bonchev–Trinajstić information content (AvgIpc) is 3.23. The summed E-state index contributed by atoms with van der Waals surface area (Å²) in [5.74, 6) is 0. The maximum atomic E-state index is 2.40. The van der Waals surface area contributed by atoms with Crippen LogP contribution in [0.2, 0.25) is 0 Å². The van der Waals surface area contributed by atoms with Crippen LogP contribution in [-0.2, 0) is 13.5 Å². The Morgan fingerprint density at radius 2 is 1.43 bits per heavy atom. The molecule has 3 aromatic carbocycles. The van der Waals surface area contributed by atoms with Gasteiger partial charge in [0.25, 0.3) is 0 Å². The molecule has 0 atom stereocenters. The van der Waals surface area contributed by atoms with Gasteiger partial charge in [-0.05, 0) is 23.3 Å². The molecule has 0 saturated carbocycles. The van der Waals surface area contributed by atoms with Crippen LogP contribution in [0.25, 0.3) is 32.9 Å². The molecule has 0 bridgehead atoms. The summed E-state index contributed by atoms with van der Waals surface area (Å²) in [4.78, 5) is 0. The molecule has 5 rings (SSSR count). The Hall–Kier alpha value is -2.18. The van der Waals surface area contributed by atoms with Crippen molar-refractivity contribution in [1.29, 1.82) is 0 Å². The molecule has 0 spiro atoms. The first-order chi connectivity index (χ1) is 13.8. The summed E-state index contributed by atoms with van der Waals surface area (Å²) in [6, 6.07) is 28.2. The zero-order valence-electron chi connectivity index (χ0n) is 15.5. The Balaban J connectivity index is 1.79. The lowest BCUT2D eigenvalue weighted by molar-refractivity contribution is 0.954. The molecule has 0 aliphatic carbocycles. The Kier molecular flexibility index (Phi) is 4.69. The molecule has 0 radical (unpaired) electrons. The number of rotatable bonds is 4. The van der Waals surface area contributed by atoms with E-state index >= 15 is 0 Å². The molecule has 2 aromatic heterocycles. The van der Waals surface area contributed by atoms with Crippen molar-refractivity contribution in [2.75, 3.05) is 0 Å². The molecule has 0 aliphatic heterocycles. The van der Waals surface area contributed by atoms with Crippen LogP contribution in [0.15, 0.2) is 85.1 Å². The average molecular weight is 494 g/mol. The van der Waals surface area contributed by atoms with Crippen molar-refractivity contribution in [2.45, 2.75) is 6.42 Å². The predicted octanol–water partition coefficient (Wildman–Crippen LogP) is 7.24. The van der Waals surface area contributed by atoms with Gasteiger partial charge in [0.15, 0.2) is 0 Å². The van der Waals surface area contributed by atoms with E-state index in [-0.39, 0.29) is 0 Å². The third kappa shape index (κ3) is 2.86. The topological polar surface area (TPSA) is 9.86 Å². The van der Waals surface area contributed by atoms with Crippen molar-refractivity contribution in [3.63, 3.8) is 0 Å². The standard InChI is InChI=1S/C24H19IN2S/c1-26-16-18(19-11-5-7-13-21(19)26)15-23-24(17-9-3-2-4-10-17)20-12-6-8-14-22(20)27(23)28-25/h2-14,16H,15H2,1H3. The van der Waals surface area contributed by atoms with Crippen molar-refractivity contribution < 1.29 is 0 Å². The molecule has 0 fully saturated rings. The summed E-state index contributed by atoms with van der Waals surface area (Å²) < 4.78 is 4.62. The molecule has 5 aromatic rings. The minimum atomic E-state index is 0.899. The van der Waals surface area contributed by atoms with E-state index in [1.54, 1.807) is 9.12 Å². The highest BCUT2D eigenvalue weighted by Crippen LogP contribution is 2.40. The third-order valence-corrected chi connectivity index (χ3v) is 7.13. The van der Waals surface area contributed by atoms with Crippen LogP contribution in [0.4, 0.5) is 0 Å². The quantitative estimate of drug-likeness (QED) is 0.240. The molecule has 0 unspecified atom stereocenters. The second-order valence-corrected chi connectivity index (χ2v) is 8.71. The number of aromatic nitrogens is 2. The zero-order valence-corrected chi connectivity index (χ0v) is 18.4. The molecule has 0 N–H and O–H groups in total. The SMILES string of the molecule is Cn1cc(Cc2c(-c3ccccc3)c3ccccc3n2SI)c2ccccc21. The van der Waals surface area contributed by atoms with Gasteiger partial charge in [0.1, 0.15) is 0 Å². The van der Waals surface area contributed by atoms with Crippen LogP contribution in [0.3, 0.4) is 0 Å². The summed E-state index contributed by atoms with van der Waals surface area (Å²) in [6.45, 7) is 0. The van der Waals surface area contributed by atoms with Gasteiger partial charge in [0.2, 0.25) is 0 Å². The molecule has 2 heterocycles. The van der Waals surface area contributed by atoms with Gasteiger partial charge in [-0.2, -0.15) is 0 Å². The summed E-state index contributed by atoms with van der Waals surface area (Å²) in [5.41, 5.74) is 7.89. The second kappa shape index (κ2) is 7.33. The fourth-order valence-corrected chi connectivity index (χ4v) is 6.00. The first kappa shape index (κ1) is 17.9. The lowest BCUT2D eigenvalue weighted by Gasteiger charge is -2.09. The number of hydrogen-bond acceptors (Lipinski definition) is 1. The molecular weight excluding hydrogens is 475 g/mol. The van der Waals surface area contributed by atoms with Crippen LogP contribution in [0.1, 0.15) is 11.3 Å². The van der Waals surface area contributed by atoms with Crippen LogP contribution in [-0.4, -0.2) is 8.54 Å². The van der Waals surface area contributed by atoms with Crippen molar-refractivity contribution in [3.05, 3.63) is 96.3 Å². The van der Waals surface area contributed by atoms with E-state index < -0.39 is 0 Å². The minimum Gasteiger partial charge on any atom is -0.350 e. The first-order valence-electron chi connectivity index (χ1n) is 9.27. The smallest absolute Gasteiger partial charge is 0.0608 e. The second-order valence-electron chi connectivity index (χ2n) is 7.03. The van der Waals surface area contributed by atoms with Crippen molar-refractivity contribution >= 4 is 52.1 Å². The Morgan fingerprint density at radius 1 is 0.786 bits per heavy atom. The van der Waals surface area contributed by atoms with Gasteiger partial charge in [0, 0.05) is 77.5 Å². The van der Waals surface area contributed by atoms with Gasteiger partial charge in [0.05, 0.1) is 5.52 Å². The highest BCUT2D eigenvalue weighted by Gasteiger charge is 2.20. The molecule has 4 heteroatoms. The van der Waals surface area contributed by atoms with E-state index in [4.69, 9.17) is 0 Å². The van der Waals surface area contributed by atoms with Gasteiger partial charge in [-0.1, -0.05) is 66.7 Å². The molecule has 2 nitrogen and oxygen atoms in total. The van der Waals surface area contributed by atoms with Crippen LogP contribution in [0, 0.1) is 0 Å². The van der Waals surface area contributed by atoms with Crippen LogP contribution in [0.5, 0.6) is 0 Å². The lowest BCUT2D eigenvalue weighted by Crippen LogP contribution is -1.96. The number of benzene rings is 3. The third-order valence-electron chi connectivity index (χ3n) is 5.39. The van der Waals surface area contributed by atoms with E-state index in [2.05, 4.69) is 122 Å². The predicted molar refractivity (Wildman–Crippen MR) is 130 cm³/mol. The minimum absolute atomic E-state index is 0.899. The van der Waals surface area contributed by atoms with Gasteiger partial charge < -0.3 is 4.57 Å². The Labute approximate surface area is 180 Å². The van der Waals surface area contributed by atoms with E-state index in [0.29, 0.717) is 0 Å². The maximum absolute atomic E-state index is 2.40. The number of fused-ring (bicyclic) bond motifs is 2. The van der Waals surface area contributed by atoms with Crippen molar-refractivity contribution in [1.82, 2.24) is 8.54 Å². The molecule has 138 valence electrons. The molecular formula is C24H19IN2S. The molecule has 0 aliphatic rings. The van der Waals surface area contributed by atoms with E-state index in [9.17, 15) is 0 Å². The summed E-state index contributed by atoms with van der Waals surface area (Å²) in [7, 11) is 3.88. The zero-order chi connectivity index (χ0) is 19.1. The number of para-hydroxylation sites is 2. The Bertz CT molecular complexity index is 1280. The van der Waals surface area contributed by atoms with Crippen LogP contribution >= 0.6 is 30.3 Å². The highest BCUT2D eigenvalue weighted by molar-refractivity contribution is 14.2. The highest BCUT2D eigenvalue weighted by atomic mass is 127. The fourth-order valence-electron chi connectivity index (χ4n) is 4.18. The molecule has 0 saturated heterocycles. The van der Waals surface area contributed by atoms with Gasteiger partial charge in [-0.3, -0.25) is 3.97 Å². The van der Waals surface area contributed by atoms with Crippen molar-refractivity contribution in [2.24, 2.45) is 7.05 Å². The normalized spacial score (nSPS) is 11.5. The number of aryl methyl sites for hydroxylation is 1. The van der Waals surface area contributed by atoms with E-state index in [1.807, 2.05) is 0 Å². The summed E-state index contributed by atoms with van der Waals surface area (Å²) >= 11 is 2.40. The van der Waals surface area contributed by atoms with Gasteiger partial charge in [-0.15, -0.1) is 0 Å². The van der Waals surface area contributed by atoms with E-state index in [1.165, 1.54) is 44.2 Å². The number of hydrogen-bond donors (Lipinski definition) is 0. The fraction of sp³-hybridized carbons (Fsp3) is 0.0833. The summed E-state index contributed by atoms with van der Waals surface area (Å²) in [5, 5.41) is 2.65. The summed E-state index contributed by atoms with van der Waals surface area (Å²) in [6.07, 6.45) is 3.18. The van der Waals surface area contributed by atoms with E-state index in [0.717, 1.165) is 6.42 Å². The number of nitrogens with zero attached hydrogens (tertiary/aromatic N) is 2. The van der Waals surface area contributed by atoms with Crippen molar-refractivity contribution in [3.8, 4) is 11.1 Å². The monoisotopic (exact) mass is 494 g/mol. The first-order valence-corrected chi connectivity index (χ1v) is 12.6. The van der Waals surface area contributed by atoms with Gasteiger partial charge in [-0.25, -0.2) is 0 Å². The van der Waals surface area contributed by atoms with Gasteiger partial charge >= 0.3 is 0 Å². The number of halogens is 1. The Morgan fingerprint density at radius 3 is 2.18 bits per heavy atom.